The molecule has 0 aliphatic carbocycles. The molecule has 1 aromatic rings. The van der Waals surface area contributed by atoms with Crippen LogP contribution in [0.5, 0.6) is 0 Å². The molecule has 12 heavy (non-hydrogen) atoms. The topological polar surface area (TPSA) is 38.0 Å². The van der Waals surface area contributed by atoms with E-state index >= 15 is 0 Å². The number of aromatic nitrogens is 2. The smallest absolute Gasteiger partial charge is 0.130 e. The molecule has 68 valence electrons. The van der Waals surface area contributed by atoms with E-state index in [-0.39, 0.29) is 12.6 Å². The van der Waals surface area contributed by atoms with Crippen LogP contribution in [0.4, 0.5) is 0 Å². The number of hydrogen-bond donors (Lipinski definition) is 1. The van der Waals surface area contributed by atoms with E-state index in [0.717, 1.165) is 5.56 Å². The summed E-state index contributed by atoms with van der Waals surface area (Å²) in [6, 6.07) is 0.268. The van der Waals surface area contributed by atoms with Gasteiger partial charge in [0.05, 0.1) is 6.20 Å². The molecule has 0 amide bonds. The molecule has 4 heteroatoms. The maximum absolute atomic E-state index is 8.70. The van der Waals surface area contributed by atoms with Gasteiger partial charge < -0.3 is 5.11 Å². The van der Waals surface area contributed by atoms with E-state index in [2.05, 4.69) is 5.10 Å². The summed E-state index contributed by atoms with van der Waals surface area (Å²) < 4.78 is 1.74. The molecule has 0 saturated carbocycles. The van der Waals surface area contributed by atoms with E-state index in [1.807, 2.05) is 13.8 Å². The summed E-state index contributed by atoms with van der Waals surface area (Å²) in [6.07, 6.45) is 2.28. The van der Waals surface area contributed by atoms with Gasteiger partial charge in [-0.15, -0.1) is 0 Å². The molecule has 0 unspecified atom stereocenters. The third kappa shape index (κ3) is 1.79. The summed E-state index contributed by atoms with van der Waals surface area (Å²) in [5.41, 5.74) is 0.910. The molecule has 0 aromatic carbocycles. The summed E-state index contributed by atoms with van der Waals surface area (Å²) in [5.74, 6) is 0. The Balaban J connectivity index is 2.88. The zero-order valence-electron chi connectivity index (χ0n) is 7.29. The van der Waals surface area contributed by atoms with Crippen molar-refractivity contribution in [2.24, 2.45) is 0 Å². The second-order valence-electron chi connectivity index (χ2n) is 2.97. The van der Waals surface area contributed by atoms with Crippen LogP contribution in [0.25, 0.3) is 0 Å². The standard InChI is InChI=1S/C8H13ClN2O/c1-6(2)11-8(9)7(3-4-12)5-10-11/h5-6,12H,3-4H2,1-2H3. The van der Waals surface area contributed by atoms with Crippen molar-refractivity contribution in [3.8, 4) is 0 Å². The Kier molecular flexibility index (Phi) is 3.12. The second-order valence-corrected chi connectivity index (χ2v) is 3.33. The van der Waals surface area contributed by atoms with E-state index < -0.39 is 0 Å². The molecule has 1 rings (SSSR count). The minimum absolute atomic E-state index is 0.115. The first-order valence-corrected chi connectivity index (χ1v) is 4.37. The monoisotopic (exact) mass is 188 g/mol. The highest BCUT2D eigenvalue weighted by molar-refractivity contribution is 6.30. The van der Waals surface area contributed by atoms with Gasteiger partial charge >= 0.3 is 0 Å². The minimum Gasteiger partial charge on any atom is -0.396 e. The molecule has 0 saturated heterocycles. The lowest BCUT2D eigenvalue weighted by atomic mass is 10.3. The summed E-state index contributed by atoms with van der Waals surface area (Å²) in [6.45, 7) is 4.15. The number of rotatable bonds is 3. The second kappa shape index (κ2) is 3.92. The van der Waals surface area contributed by atoms with Crippen LogP contribution in [0, 0.1) is 0 Å². The maximum atomic E-state index is 8.70. The number of nitrogens with zero attached hydrogens (tertiary/aromatic N) is 2. The highest BCUT2D eigenvalue weighted by atomic mass is 35.5. The van der Waals surface area contributed by atoms with E-state index in [0.29, 0.717) is 11.6 Å². The molecule has 0 bridgehead atoms. The van der Waals surface area contributed by atoms with Crippen molar-refractivity contribution < 1.29 is 5.11 Å². The van der Waals surface area contributed by atoms with Crippen LogP contribution in [0.15, 0.2) is 6.20 Å². The zero-order chi connectivity index (χ0) is 9.14. The van der Waals surface area contributed by atoms with Crippen molar-refractivity contribution in [2.75, 3.05) is 6.61 Å². The normalized spacial score (nSPS) is 11.1. The fraction of sp³-hybridized carbons (Fsp3) is 0.625. The molecular formula is C8H13ClN2O. The molecule has 1 aromatic heterocycles. The Labute approximate surface area is 77.0 Å². The van der Waals surface area contributed by atoms with E-state index in [1.165, 1.54) is 0 Å². The van der Waals surface area contributed by atoms with Gasteiger partial charge in [0.25, 0.3) is 0 Å². The van der Waals surface area contributed by atoms with Crippen LogP contribution >= 0.6 is 11.6 Å². The van der Waals surface area contributed by atoms with Crippen molar-refractivity contribution in [1.29, 1.82) is 0 Å². The Bertz CT molecular complexity index is 258. The third-order valence-electron chi connectivity index (χ3n) is 1.67. The van der Waals surface area contributed by atoms with Crippen molar-refractivity contribution in [2.45, 2.75) is 26.3 Å². The zero-order valence-corrected chi connectivity index (χ0v) is 8.04. The Morgan fingerprint density at radius 3 is 2.75 bits per heavy atom. The van der Waals surface area contributed by atoms with Gasteiger partial charge in [-0.25, -0.2) is 0 Å². The molecule has 3 nitrogen and oxygen atoms in total. The Morgan fingerprint density at radius 1 is 1.67 bits per heavy atom. The molecule has 1 heterocycles. The third-order valence-corrected chi connectivity index (χ3v) is 2.09. The first kappa shape index (κ1) is 9.55. The highest BCUT2D eigenvalue weighted by Gasteiger charge is 2.09. The predicted octanol–water partition coefficient (Wildman–Crippen LogP) is 1.65. The average molecular weight is 189 g/mol. The molecule has 0 atom stereocenters. The Hall–Kier alpha value is -0.540. The molecule has 0 spiro atoms. The molecule has 0 aliphatic rings. The van der Waals surface area contributed by atoms with Gasteiger partial charge in [-0.2, -0.15) is 5.10 Å². The van der Waals surface area contributed by atoms with Crippen molar-refractivity contribution >= 4 is 11.6 Å². The van der Waals surface area contributed by atoms with Gasteiger partial charge in [0.2, 0.25) is 0 Å². The lowest BCUT2D eigenvalue weighted by Crippen LogP contribution is -2.02. The van der Waals surface area contributed by atoms with Gasteiger partial charge in [0, 0.05) is 24.6 Å². The SMILES string of the molecule is CC(C)n1ncc(CCO)c1Cl. The predicted molar refractivity (Wildman–Crippen MR) is 48.4 cm³/mol. The first-order chi connectivity index (χ1) is 5.66. The lowest BCUT2D eigenvalue weighted by molar-refractivity contribution is 0.299. The van der Waals surface area contributed by atoms with Crippen LogP contribution in [0.1, 0.15) is 25.5 Å². The quantitative estimate of drug-likeness (QED) is 0.784. The molecular weight excluding hydrogens is 176 g/mol. The van der Waals surface area contributed by atoms with Gasteiger partial charge in [-0.3, -0.25) is 4.68 Å². The Morgan fingerprint density at radius 2 is 2.33 bits per heavy atom. The average Bonchev–Trinajstić information content (AvgIpc) is 2.34. The van der Waals surface area contributed by atoms with Gasteiger partial charge in [-0.1, -0.05) is 11.6 Å². The molecule has 0 fully saturated rings. The number of aliphatic hydroxyl groups is 1. The van der Waals surface area contributed by atoms with Crippen molar-refractivity contribution in [3.63, 3.8) is 0 Å². The molecule has 1 N–H and O–H groups in total. The van der Waals surface area contributed by atoms with Gasteiger partial charge in [-0.05, 0) is 13.8 Å². The minimum atomic E-state index is 0.115. The highest BCUT2D eigenvalue weighted by Crippen LogP contribution is 2.19. The van der Waals surface area contributed by atoms with Crippen molar-refractivity contribution in [1.82, 2.24) is 9.78 Å². The summed E-state index contributed by atoms with van der Waals surface area (Å²) in [4.78, 5) is 0. The van der Waals surface area contributed by atoms with Gasteiger partial charge in [0.1, 0.15) is 5.15 Å². The van der Waals surface area contributed by atoms with Gasteiger partial charge in [0.15, 0.2) is 0 Å². The summed E-state index contributed by atoms with van der Waals surface area (Å²) in [7, 11) is 0. The van der Waals surface area contributed by atoms with Crippen molar-refractivity contribution in [3.05, 3.63) is 16.9 Å². The number of halogens is 1. The van der Waals surface area contributed by atoms with Crippen LogP contribution in [0.2, 0.25) is 5.15 Å². The molecule has 0 radical (unpaired) electrons. The summed E-state index contributed by atoms with van der Waals surface area (Å²) in [5, 5.41) is 13.4. The van der Waals surface area contributed by atoms with E-state index in [1.54, 1.807) is 10.9 Å². The van der Waals surface area contributed by atoms with Crippen LogP contribution in [0.3, 0.4) is 0 Å². The molecule has 0 aliphatic heterocycles. The maximum Gasteiger partial charge on any atom is 0.130 e. The number of hydrogen-bond acceptors (Lipinski definition) is 2. The van der Waals surface area contributed by atoms with Crippen LogP contribution in [-0.4, -0.2) is 21.5 Å². The van der Waals surface area contributed by atoms with Crippen LogP contribution in [-0.2, 0) is 6.42 Å². The van der Waals surface area contributed by atoms with Crippen LogP contribution < -0.4 is 0 Å². The fourth-order valence-corrected chi connectivity index (χ4v) is 1.41. The first-order valence-electron chi connectivity index (χ1n) is 3.99. The number of aliphatic hydroxyl groups excluding tert-OH is 1. The van der Waals surface area contributed by atoms with E-state index in [9.17, 15) is 0 Å². The lowest BCUT2D eigenvalue weighted by Gasteiger charge is -2.06. The summed E-state index contributed by atoms with van der Waals surface area (Å²) >= 11 is 5.99. The largest absolute Gasteiger partial charge is 0.396 e. The van der Waals surface area contributed by atoms with E-state index in [4.69, 9.17) is 16.7 Å². The fourth-order valence-electron chi connectivity index (χ4n) is 1.03.